The zero-order valence-corrected chi connectivity index (χ0v) is 16.6. The summed E-state index contributed by atoms with van der Waals surface area (Å²) in [5.74, 6) is 0.204. The Bertz CT molecular complexity index is 906. The maximum atomic E-state index is 12.4. The highest BCUT2D eigenvalue weighted by atomic mass is 32.1. The molecule has 0 radical (unpaired) electrons. The number of hydrogen-bond acceptors (Lipinski definition) is 6. The van der Waals surface area contributed by atoms with Gasteiger partial charge in [0.05, 0.1) is 10.7 Å². The second-order valence-corrected chi connectivity index (χ2v) is 8.34. The summed E-state index contributed by atoms with van der Waals surface area (Å²) in [5.41, 5.74) is 4.12. The zero-order chi connectivity index (χ0) is 18.1. The summed E-state index contributed by atoms with van der Waals surface area (Å²) in [4.78, 5) is 17.0. The number of hydrogen-bond donors (Lipinski definition) is 1. The van der Waals surface area contributed by atoms with Crippen LogP contribution in [0.25, 0.3) is 11.3 Å². The molecule has 0 saturated carbocycles. The van der Waals surface area contributed by atoms with E-state index in [-0.39, 0.29) is 12.5 Å². The third-order valence-electron chi connectivity index (χ3n) is 3.95. The average molecular weight is 376 g/mol. The van der Waals surface area contributed by atoms with E-state index in [4.69, 9.17) is 0 Å². The Morgan fingerprint density at radius 2 is 2.04 bits per heavy atom. The van der Waals surface area contributed by atoms with Gasteiger partial charge in [0.25, 0.3) is 0 Å². The minimum absolute atomic E-state index is 0.103. The molecule has 0 aliphatic rings. The molecule has 0 aliphatic carbocycles. The third kappa shape index (κ3) is 3.80. The Balaban J connectivity index is 1.76. The predicted octanol–water partition coefficient (Wildman–Crippen LogP) is 4.15. The molecule has 3 aromatic rings. The van der Waals surface area contributed by atoms with E-state index in [9.17, 15) is 4.79 Å². The topological polar surface area (TPSA) is 72.7 Å². The van der Waals surface area contributed by atoms with Gasteiger partial charge in [-0.2, -0.15) is 0 Å². The number of rotatable bonds is 5. The lowest BCUT2D eigenvalue weighted by atomic mass is 10.2. The van der Waals surface area contributed by atoms with Gasteiger partial charge >= 0.3 is 0 Å². The highest BCUT2D eigenvalue weighted by Crippen LogP contribution is 2.28. The monoisotopic (exact) mass is 375 g/mol. The van der Waals surface area contributed by atoms with Crippen LogP contribution in [0, 0.1) is 20.8 Å². The van der Waals surface area contributed by atoms with E-state index in [1.807, 2.05) is 25.3 Å². The van der Waals surface area contributed by atoms with Crippen molar-refractivity contribution in [3.63, 3.8) is 0 Å². The molecule has 8 heteroatoms. The first kappa shape index (κ1) is 17.8. The normalized spacial score (nSPS) is 11.3. The van der Waals surface area contributed by atoms with Crippen molar-refractivity contribution in [2.75, 3.05) is 5.32 Å². The Kier molecular flexibility index (Phi) is 5.01. The molecule has 132 valence electrons. The van der Waals surface area contributed by atoms with E-state index >= 15 is 0 Å². The summed E-state index contributed by atoms with van der Waals surface area (Å²) in [6, 6.07) is 2.08. The molecular formula is C17H21N5OS2. The maximum Gasteiger partial charge on any atom is 0.246 e. The SMILES string of the molecule is Cc1nc(-c2cc(C)n(CC(=O)Nc3nnc(C(C)C)s3)c2C)cs1. The van der Waals surface area contributed by atoms with E-state index < -0.39 is 0 Å². The lowest BCUT2D eigenvalue weighted by Gasteiger charge is -2.09. The van der Waals surface area contributed by atoms with Crippen LogP contribution in [-0.2, 0) is 11.3 Å². The van der Waals surface area contributed by atoms with Crippen molar-refractivity contribution >= 4 is 33.7 Å². The first-order valence-electron chi connectivity index (χ1n) is 8.07. The summed E-state index contributed by atoms with van der Waals surface area (Å²) in [6.45, 7) is 10.4. The minimum atomic E-state index is -0.103. The van der Waals surface area contributed by atoms with Gasteiger partial charge in [0, 0.05) is 28.2 Å². The summed E-state index contributed by atoms with van der Waals surface area (Å²) in [7, 11) is 0. The number of nitrogens with one attached hydrogen (secondary N) is 1. The van der Waals surface area contributed by atoms with Crippen LogP contribution in [0.15, 0.2) is 11.4 Å². The highest BCUT2D eigenvalue weighted by Gasteiger charge is 2.16. The standard InChI is InChI=1S/C17H21N5OS2/c1-9(2)16-20-21-17(25-16)19-15(23)7-22-10(3)6-13(11(22)4)14-8-24-12(5)18-14/h6,8-9H,7H2,1-5H3,(H,19,21,23). The van der Waals surface area contributed by atoms with Crippen molar-refractivity contribution < 1.29 is 4.79 Å². The Hall–Kier alpha value is -2.06. The van der Waals surface area contributed by atoms with Crippen LogP contribution in [0.2, 0.25) is 0 Å². The van der Waals surface area contributed by atoms with E-state index in [1.54, 1.807) is 11.3 Å². The number of nitrogens with zero attached hydrogens (tertiary/aromatic N) is 4. The van der Waals surface area contributed by atoms with Crippen LogP contribution >= 0.6 is 22.7 Å². The molecule has 1 N–H and O–H groups in total. The number of anilines is 1. The second-order valence-electron chi connectivity index (χ2n) is 6.27. The van der Waals surface area contributed by atoms with Crippen molar-refractivity contribution in [2.45, 2.75) is 47.1 Å². The molecular weight excluding hydrogens is 354 g/mol. The van der Waals surface area contributed by atoms with Crippen LogP contribution in [0.4, 0.5) is 5.13 Å². The van der Waals surface area contributed by atoms with Crippen molar-refractivity contribution in [3.05, 3.63) is 32.8 Å². The van der Waals surface area contributed by atoms with Crippen molar-refractivity contribution in [1.29, 1.82) is 0 Å². The quantitative estimate of drug-likeness (QED) is 0.727. The smallest absolute Gasteiger partial charge is 0.246 e. The Morgan fingerprint density at radius 3 is 2.64 bits per heavy atom. The van der Waals surface area contributed by atoms with Gasteiger partial charge in [-0.1, -0.05) is 25.2 Å². The van der Waals surface area contributed by atoms with Gasteiger partial charge in [-0.15, -0.1) is 21.5 Å². The lowest BCUT2D eigenvalue weighted by Crippen LogP contribution is -2.20. The van der Waals surface area contributed by atoms with Crippen molar-refractivity contribution in [1.82, 2.24) is 19.7 Å². The molecule has 0 atom stereocenters. The largest absolute Gasteiger partial charge is 0.339 e. The van der Waals surface area contributed by atoms with Crippen LogP contribution < -0.4 is 5.32 Å². The molecule has 6 nitrogen and oxygen atoms in total. The fraction of sp³-hybridized carbons (Fsp3) is 0.412. The Morgan fingerprint density at radius 1 is 1.28 bits per heavy atom. The number of thiazole rings is 1. The van der Waals surface area contributed by atoms with Gasteiger partial charge in [-0.05, 0) is 26.8 Å². The fourth-order valence-electron chi connectivity index (χ4n) is 2.61. The maximum absolute atomic E-state index is 12.4. The first-order valence-corrected chi connectivity index (χ1v) is 9.77. The van der Waals surface area contributed by atoms with E-state index in [0.717, 1.165) is 32.7 Å². The van der Waals surface area contributed by atoms with E-state index in [2.05, 4.69) is 45.8 Å². The fourth-order valence-corrected chi connectivity index (χ4v) is 3.99. The van der Waals surface area contributed by atoms with Crippen molar-refractivity contribution in [3.8, 4) is 11.3 Å². The molecule has 1 amide bonds. The number of aryl methyl sites for hydroxylation is 2. The van der Waals surface area contributed by atoms with Crippen LogP contribution in [-0.4, -0.2) is 25.7 Å². The third-order valence-corrected chi connectivity index (χ3v) is 5.86. The van der Waals surface area contributed by atoms with Crippen LogP contribution in [0.1, 0.15) is 41.2 Å². The molecule has 3 aromatic heterocycles. The molecule has 0 aromatic carbocycles. The molecule has 25 heavy (non-hydrogen) atoms. The number of carbonyl (C=O) groups is 1. The van der Waals surface area contributed by atoms with Crippen LogP contribution in [0.5, 0.6) is 0 Å². The van der Waals surface area contributed by atoms with Gasteiger partial charge in [0.1, 0.15) is 11.6 Å². The summed E-state index contributed by atoms with van der Waals surface area (Å²) in [5, 5.41) is 15.5. The number of aromatic nitrogens is 4. The predicted molar refractivity (Wildman–Crippen MR) is 102 cm³/mol. The minimum Gasteiger partial charge on any atom is -0.339 e. The molecule has 0 fully saturated rings. The number of amides is 1. The highest BCUT2D eigenvalue weighted by molar-refractivity contribution is 7.15. The average Bonchev–Trinajstić information content (AvgIpc) is 3.23. The van der Waals surface area contributed by atoms with Gasteiger partial charge in [0.2, 0.25) is 11.0 Å². The zero-order valence-electron chi connectivity index (χ0n) is 15.0. The lowest BCUT2D eigenvalue weighted by molar-refractivity contribution is -0.116. The van der Waals surface area contributed by atoms with Gasteiger partial charge < -0.3 is 4.57 Å². The first-order chi connectivity index (χ1) is 11.8. The van der Waals surface area contributed by atoms with Gasteiger partial charge in [0.15, 0.2) is 0 Å². The summed E-state index contributed by atoms with van der Waals surface area (Å²) >= 11 is 3.05. The second kappa shape index (κ2) is 7.05. The number of carbonyl (C=O) groups excluding carboxylic acids is 1. The molecule has 3 rings (SSSR count). The van der Waals surface area contributed by atoms with Gasteiger partial charge in [-0.25, -0.2) is 4.98 Å². The molecule has 0 unspecified atom stereocenters. The summed E-state index contributed by atoms with van der Waals surface area (Å²) < 4.78 is 2.00. The molecule has 0 spiro atoms. The molecule has 3 heterocycles. The summed E-state index contributed by atoms with van der Waals surface area (Å²) in [6.07, 6.45) is 0. The molecule has 0 aliphatic heterocycles. The molecule has 0 bridgehead atoms. The van der Waals surface area contributed by atoms with E-state index in [1.165, 1.54) is 11.3 Å². The van der Waals surface area contributed by atoms with Crippen molar-refractivity contribution in [2.24, 2.45) is 0 Å². The van der Waals surface area contributed by atoms with Gasteiger partial charge in [-0.3, -0.25) is 10.1 Å². The molecule has 0 saturated heterocycles. The van der Waals surface area contributed by atoms with Crippen LogP contribution in [0.3, 0.4) is 0 Å². The van der Waals surface area contributed by atoms with E-state index in [0.29, 0.717) is 11.0 Å². The Labute approximate surface area is 155 Å².